The molecule has 1 aliphatic rings. The minimum absolute atomic E-state index is 0.00353. The van der Waals surface area contributed by atoms with Crippen LogP contribution in [-0.4, -0.2) is 58.1 Å². The van der Waals surface area contributed by atoms with Crippen LogP contribution in [0.1, 0.15) is 17.2 Å². The Morgan fingerprint density at radius 2 is 1.91 bits per heavy atom. The van der Waals surface area contributed by atoms with E-state index >= 15 is 0 Å². The van der Waals surface area contributed by atoms with E-state index in [-0.39, 0.29) is 48.2 Å². The number of aliphatic hydroxyl groups excluding tert-OH is 2. The Kier molecular flexibility index (Phi) is 7.47. The zero-order valence-electron chi connectivity index (χ0n) is 16.5. The number of ether oxygens (including phenoxy) is 1. The zero-order valence-corrected chi connectivity index (χ0v) is 18.0. The summed E-state index contributed by atoms with van der Waals surface area (Å²) in [5.41, 5.74) is -0.211. The molecule has 2 N–H and O–H groups in total. The molecule has 1 atom stereocenters. The Morgan fingerprint density at radius 3 is 2.56 bits per heavy atom. The van der Waals surface area contributed by atoms with Crippen molar-refractivity contribution in [3.05, 3.63) is 79.3 Å². The second-order valence-electron chi connectivity index (χ2n) is 6.80. The van der Waals surface area contributed by atoms with E-state index < -0.39 is 28.4 Å². The summed E-state index contributed by atoms with van der Waals surface area (Å²) in [6.07, 6.45) is 0. The third-order valence-electron chi connectivity index (χ3n) is 4.84. The van der Waals surface area contributed by atoms with Crippen molar-refractivity contribution in [2.75, 3.05) is 26.4 Å². The number of ketones is 1. The molecule has 11 heteroatoms. The lowest BCUT2D eigenvalue weighted by Crippen LogP contribution is -2.33. The number of amides is 1. The van der Waals surface area contributed by atoms with Gasteiger partial charge in [-0.2, -0.15) is 0 Å². The lowest BCUT2D eigenvalue weighted by molar-refractivity contribution is -0.384. The topological polar surface area (TPSA) is 130 Å². The number of carbonyl (C=O) groups is 2. The summed E-state index contributed by atoms with van der Waals surface area (Å²) in [5.74, 6) is -2.42. The van der Waals surface area contributed by atoms with Crippen molar-refractivity contribution < 1.29 is 29.5 Å². The van der Waals surface area contributed by atoms with Crippen LogP contribution in [0.3, 0.4) is 0 Å². The minimum Gasteiger partial charge on any atom is -0.507 e. The summed E-state index contributed by atoms with van der Waals surface area (Å²) in [6.45, 7) is -0.173. The molecule has 1 saturated heterocycles. The van der Waals surface area contributed by atoms with Crippen LogP contribution in [0, 0.1) is 10.1 Å². The molecule has 1 amide bonds. The van der Waals surface area contributed by atoms with Crippen LogP contribution in [0.25, 0.3) is 5.76 Å². The largest absolute Gasteiger partial charge is 0.507 e. The molecular weight excluding hydrogens is 463 g/mol. The van der Waals surface area contributed by atoms with Crippen LogP contribution in [0.4, 0.5) is 5.69 Å². The van der Waals surface area contributed by atoms with Crippen molar-refractivity contribution in [2.45, 2.75) is 6.04 Å². The standard InChI is InChI=1S/C21H18Cl2N2O7/c22-13-4-5-15(16(23)11-13)18-17(19(27)12-2-1-3-14(10-12)25(30)31)20(28)21(29)24(18)6-8-32-9-7-26/h1-5,10-11,18,26-27H,6-9H2. The number of rotatable bonds is 8. The highest BCUT2D eigenvalue weighted by molar-refractivity contribution is 6.47. The number of aliphatic hydroxyl groups is 2. The zero-order chi connectivity index (χ0) is 23.4. The molecule has 0 radical (unpaired) electrons. The fraction of sp³-hybridized carbons (Fsp3) is 0.238. The fourth-order valence-electron chi connectivity index (χ4n) is 3.41. The van der Waals surface area contributed by atoms with Gasteiger partial charge in [0.15, 0.2) is 0 Å². The van der Waals surface area contributed by atoms with Gasteiger partial charge in [0.2, 0.25) is 0 Å². The van der Waals surface area contributed by atoms with E-state index in [0.29, 0.717) is 10.6 Å². The maximum Gasteiger partial charge on any atom is 0.295 e. The highest BCUT2D eigenvalue weighted by Crippen LogP contribution is 2.42. The number of benzene rings is 2. The van der Waals surface area contributed by atoms with Gasteiger partial charge in [-0.15, -0.1) is 0 Å². The average molecular weight is 481 g/mol. The minimum atomic E-state index is -1.07. The van der Waals surface area contributed by atoms with E-state index in [1.807, 2.05) is 0 Å². The first-order valence-corrected chi connectivity index (χ1v) is 10.2. The number of non-ortho nitro benzene ring substituents is 1. The second kappa shape index (κ2) is 10.1. The molecule has 0 spiro atoms. The third kappa shape index (κ3) is 4.76. The number of nitrogens with zero attached hydrogens (tertiary/aromatic N) is 2. The number of hydrogen-bond donors (Lipinski definition) is 2. The van der Waals surface area contributed by atoms with Gasteiger partial charge in [-0.25, -0.2) is 0 Å². The number of carbonyl (C=O) groups excluding carboxylic acids is 2. The molecule has 1 heterocycles. The maximum absolute atomic E-state index is 12.9. The van der Waals surface area contributed by atoms with Crippen molar-refractivity contribution in [1.29, 1.82) is 0 Å². The second-order valence-corrected chi connectivity index (χ2v) is 7.65. The Bertz CT molecular complexity index is 1100. The number of nitro groups is 1. The van der Waals surface area contributed by atoms with Crippen LogP contribution < -0.4 is 0 Å². The molecule has 1 fully saturated rings. The first-order valence-electron chi connectivity index (χ1n) is 9.43. The Hall–Kier alpha value is -2.98. The van der Waals surface area contributed by atoms with Crippen molar-refractivity contribution in [2.24, 2.45) is 0 Å². The normalized spacial score (nSPS) is 17.7. The molecule has 1 unspecified atom stereocenters. The van der Waals surface area contributed by atoms with Gasteiger partial charge in [-0.3, -0.25) is 19.7 Å². The highest BCUT2D eigenvalue weighted by Gasteiger charge is 2.46. The SMILES string of the molecule is O=C1C(=O)N(CCOCCO)C(c2ccc(Cl)cc2Cl)C1=C(O)c1cccc([N+](=O)[O-])c1. The molecule has 0 saturated carbocycles. The van der Waals surface area contributed by atoms with E-state index in [1.54, 1.807) is 0 Å². The van der Waals surface area contributed by atoms with E-state index in [9.17, 15) is 24.8 Å². The van der Waals surface area contributed by atoms with Crippen LogP contribution in [0.2, 0.25) is 10.0 Å². The van der Waals surface area contributed by atoms with Crippen molar-refractivity contribution in [1.82, 2.24) is 4.90 Å². The summed E-state index contributed by atoms with van der Waals surface area (Å²) < 4.78 is 5.22. The molecule has 9 nitrogen and oxygen atoms in total. The quantitative estimate of drug-likeness (QED) is 0.148. The van der Waals surface area contributed by atoms with Crippen molar-refractivity contribution in [3.63, 3.8) is 0 Å². The van der Waals surface area contributed by atoms with Gasteiger partial charge in [-0.05, 0) is 17.7 Å². The summed E-state index contributed by atoms with van der Waals surface area (Å²) in [5, 5.41) is 31.4. The number of halogens is 2. The molecule has 1 aliphatic heterocycles. The fourth-order valence-corrected chi connectivity index (χ4v) is 3.92. The average Bonchev–Trinajstić information content (AvgIpc) is 3.01. The summed E-state index contributed by atoms with van der Waals surface area (Å²) >= 11 is 12.3. The number of hydrogen-bond acceptors (Lipinski definition) is 7. The van der Waals surface area contributed by atoms with Gasteiger partial charge in [0, 0.05) is 34.3 Å². The lowest BCUT2D eigenvalue weighted by atomic mass is 9.95. The molecule has 0 bridgehead atoms. The smallest absolute Gasteiger partial charge is 0.295 e. The Balaban J connectivity index is 2.14. The van der Waals surface area contributed by atoms with Crippen LogP contribution in [0.15, 0.2) is 48.0 Å². The first kappa shape index (κ1) is 23.7. The molecule has 0 aliphatic carbocycles. The summed E-state index contributed by atoms with van der Waals surface area (Å²) in [4.78, 5) is 37.4. The van der Waals surface area contributed by atoms with Gasteiger partial charge >= 0.3 is 0 Å². The van der Waals surface area contributed by atoms with Crippen LogP contribution in [-0.2, 0) is 14.3 Å². The molecule has 2 aromatic rings. The van der Waals surface area contributed by atoms with Gasteiger partial charge < -0.3 is 19.8 Å². The number of Topliss-reactive ketones (excluding diaryl/α,β-unsaturated/α-hetero) is 1. The Morgan fingerprint density at radius 1 is 1.16 bits per heavy atom. The first-order chi connectivity index (χ1) is 15.3. The third-order valence-corrected chi connectivity index (χ3v) is 5.40. The maximum atomic E-state index is 12.9. The molecule has 32 heavy (non-hydrogen) atoms. The van der Waals surface area contributed by atoms with E-state index in [4.69, 9.17) is 33.0 Å². The Labute approximate surface area is 192 Å². The monoisotopic (exact) mass is 480 g/mol. The highest BCUT2D eigenvalue weighted by atomic mass is 35.5. The van der Waals surface area contributed by atoms with Gasteiger partial charge in [0.25, 0.3) is 17.4 Å². The van der Waals surface area contributed by atoms with Crippen LogP contribution >= 0.6 is 23.2 Å². The van der Waals surface area contributed by atoms with Crippen molar-refractivity contribution in [3.8, 4) is 0 Å². The van der Waals surface area contributed by atoms with E-state index in [2.05, 4.69) is 0 Å². The summed E-state index contributed by atoms with van der Waals surface area (Å²) in [7, 11) is 0. The molecule has 0 aromatic heterocycles. The number of nitro benzene ring substituents is 1. The van der Waals surface area contributed by atoms with Gasteiger partial charge in [0.1, 0.15) is 5.76 Å². The predicted molar refractivity (Wildman–Crippen MR) is 116 cm³/mol. The van der Waals surface area contributed by atoms with E-state index in [0.717, 1.165) is 6.07 Å². The van der Waals surface area contributed by atoms with Crippen molar-refractivity contribution >= 4 is 46.3 Å². The molecule has 3 rings (SSSR count). The van der Waals surface area contributed by atoms with Gasteiger partial charge in [0.05, 0.1) is 36.4 Å². The lowest BCUT2D eigenvalue weighted by Gasteiger charge is -2.26. The molecule has 2 aromatic carbocycles. The molecule has 168 valence electrons. The summed E-state index contributed by atoms with van der Waals surface area (Å²) in [6, 6.07) is 8.51. The van der Waals surface area contributed by atoms with E-state index in [1.165, 1.54) is 41.3 Å². The molecular formula is C21H18Cl2N2O7. The van der Waals surface area contributed by atoms with Crippen LogP contribution in [0.5, 0.6) is 0 Å². The number of likely N-dealkylation sites (tertiary alicyclic amines) is 1. The predicted octanol–water partition coefficient (Wildman–Crippen LogP) is 3.33. The van der Waals surface area contributed by atoms with Gasteiger partial charge in [-0.1, -0.05) is 41.4 Å².